The highest BCUT2D eigenvalue weighted by Gasteiger charge is 2.19. The molecule has 1 aromatic carbocycles. The van der Waals surface area contributed by atoms with Crippen LogP contribution in [0.25, 0.3) is 0 Å². The predicted octanol–water partition coefficient (Wildman–Crippen LogP) is 1.74. The van der Waals surface area contributed by atoms with Crippen LogP contribution in [0.1, 0.15) is 26.2 Å². The summed E-state index contributed by atoms with van der Waals surface area (Å²) in [6, 6.07) is 5.22. The van der Waals surface area contributed by atoms with Crippen molar-refractivity contribution in [2.75, 3.05) is 38.8 Å². The van der Waals surface area contributed by atoms with E-state index in [1.54, 1.807) is 25.3 Å². The highest BCUT2D eigenvalue weighted by Crippen LogP contribution is 2.32. The van der Waals surface area contributed by atoms with E-state index in [4.69, 9.17) is 14.2 Å². The van der Waals surface area contributed by atoms with Crippen molar-refractivity contribution in [3.8, 4) is 11.5 Å². The van der Waals surface area contributed by atoms with E-state index in [-0.39, 0.29) is 30.9 Å². The first-order valence-corrected chi connectivity index (χ1v) is 8.43. The van der Waals surface area contributed by atoms with Gasteiger partial charge in [-0.2, -0.15) is 0 Å². The fourth-order valence-electron chi connectivity index (χ4n) is 2.79. The fraction of sp³-hybridized carbons (Fsp3) is 0.556. The number of nitrogens with one attached hydrogen (secondary N) is 1. The van der Waals surface area contributed by atoms with Gasteiger partial charge in [-0.25, -0.2) is 0 Å². The number of hydrogen-bond acceptors (Lipinski definition) is 5. The summed E-state index contributed by atoms with van der Waals surface area (Å²) in [6.45, 7) is 3.02. The molecule has 2 amide bonds. The molecule has 0 aliphatic carbocycles. The van der Waals surface area contributed by atoms with Gasteiger partial charge >= 0.3 is 0 Å². The van der Waals surface area contributed by atoms with Gasteiger partial charge in [-0.05, 0) is 25.0 Å². The van der Waals surface area contributed by atoms with Gasteiger partial charge in [0.2, 0.25) is 11.8 Å². The summed E-state index contributed by atoms with van der Waals surface area (Å²) in [5, 5.41) is 2.86. The minimum absolute atomic E-state index is 0.103. The number of benzene rings is 1. The van der Waals surface area contributed by atoms with Crippen LogP contribution in [0.15, 0.2) is 18.2 Å². The lowest BCUT2D eigenvalue weighted by Crippen LogP contribution is -2.36. The first-order chi connectivity index (χ1) is 12.0. The van der Waals surface area contributed by atoms with Gasteiger partial charge in [-0.3, -0.25) is 9.59 Å². The van der Waals surface area contributed by atoms with Crippen LogP contribution < -0.4 is 19.7 Å². The molecule has 1 aliphatic rings. The van der Waals surface area contributed by atoms with Crippen molar-refractivity contribution in [1.82, 2.24) is 5.32 Å². The molecule has 0 bridgehead atoms. The molecule has 1 fully saturated rings. The Morgan fingerprint density at radius 2 is 2.12 bits per heavy atom. The highest BCUT2D eigenvalue weighted by atomic mass is 16.5. The van der Waals surface area contributed by atoms with Crippen molar-refractivity contribution in [2.24, 2.45) is 0 Å². The van der Waals surface area contributed by atoms with Gasteiger partial charge in [0.25, 0.3) is 0 Å². The second kappa shape index (κ2) is 9.27. The molecular weight excluding hydrogens is 324 g/mol. The van der Waals surface area contributed by atoms with Gasteiger partial charge in [0.15, 0.2) is 0 Å². The van der Waals surface area contributed by atoms with E-state index in [1.165, 1.54) is 18.9 Å². The Bertz CT molecular complexity index is 599. The van der Waals surface area contributed by atoms with Crippen LogP contribution >= 0.6 is 0 Å². The summed E-state index contributed by atoms with van der Waals surface area (Å²) < 4.78 is 16.0. The van der Waals surface area contributed by atoms with E-state index in [0.29, 0.717) is 23.7 Å². The van der Waals surface area contributed by atoms with Crippen LogP contribution in [0.2, 0.25) is 0 Å². The quantitative estimate of drug-likeness (QED) is 0.773. The number of carbonyl (C=O) groups excluding carboxylic acids is 2. The largest absolute Gasteiger partial charge is 0.497 e. The molecule has 1 atom stereocenters. The lowest BCUT2D eigenvalue weighted by molar-refractivity contribution is -0.121. The second-order valence-electron chi connectivity index (χ2n) is 5.90. The summed E-state index contributed by atoms with van der Waals surface area (Å²) in [5.41, 5.74) is 0.614. The molecule has 2 rings (SSSR count). The third-order valence-electron chi connectivity index (χ3n) is 4.17. The van der Waals surface area contributed by atoms with E-state index in [1.807, 2.05) is 0 Å². The van der Waals surface area contributed by atoms with Crippen LogP contribution in [0.5, 0.6) is 11.5 Å². The van der Waals surface area contributed by atoms with Gasteiger partial charge in [-0.15, -0.1) is 0 Å². The Morgan fingerprint density at radius 1 is 1.32 bits per heavy atom. The summed E-state index contributed by atoms with van der Waals surface area (Å²) in [5.74, 6) is 0.900. The maximum atomic E-state index is 12.1. The van der Waals surface area contributed by atoms with Crippen molar-refractivity contribution >= 4 is 17.5 Å². The minimum atomic E-state index is -0.157. The Morgan fingerprint density at radius 3 is 2.72 bits per heavy atom. The maximum absolute atomic E-state index is 12.1. The summed E-state index contributed by atoms with van der Waals surface area (Å²) >= 11 is 0. The van der Waals surface area contributed by atoms with Gasteiger partial charge in [0, 0.05) is 39.1 Å². The number of carbonyl (C=O) groups is 2. The van der Waals surface area contributed by atoms with Crippen molar-refractivity contribution in [3.63, 3.8) is 0 Å². The fourth-order valence-corrected chi connectivity index (χ4v) is 2.79. The van der Waals surface area contributed by atoms with E-state index >= 15 is 0 Å². The van der Waals surface area contributed by atoms with Gasteiger partial charge in [0.1, 0.15) is 11.5 Å². The molecule has 0 radical (unpaired) electrons. The lowest BCUT2D eigenvalue weighted by Gasteiger charge is -2.23. The summed E-state index contributed by atoms with van der Waals surface area (Å²) in [6.07, 6.45) is 2.33. The van der Waals surface area contributed by atoms with E-state index in [9.17, 15) is 9.59 Å². The molecule has 1 heterocycles. The minimum Gasteiger partial charge on any atom is -0.497 e. The molecule has 138 valence electrons. The van der Waals surface area contributed by atoms with E-state index in [0.717, 1.165) is 19.4 Å². The number of hydrogen-bond donors (Lipinski definition) is 1. The zero-order valence-corrected chi connectivity index (χ0v) is 15.0. The monoisotopic (exact) mass is 350 g/mol. The number of ether oxygens (including phenoxy) is 3. The molecule has 0 spiro atoms. The Kier molecular flexibility index (Phi) is 7.06. The number of nitrogens with zero attached hydrogens (tertiary/aromatic N) is 1. The number of methoxy groups -OCH3 is 2. The smallest absolute Gasteiger partial charge is 0.223 e. The standard InChI is InChI=1S/C18H26N2O5/c1-13(21)20(16-7-6-14(23-2)11-17(16)24-3)9-8-18(22)19-12-15-5-4-10-25-15/h6-7,11,15H,4-5,8-10,12H2,1-3H3,(H,19,22). The van der Waals surface area contributed by atoms with Crippen molar-refractivity contribution in [1.29, 1.82) is 0 Å². The van der Waals surface area contributed by atoms with Crippen LogP contribution in [0, 0.1) is 0 Å². The normalized spacial score (nSPS) is 16.4. The SMILES string of the molecule is COc1ccc(N(CCC(=O)NCC2CCCO2)C(C)=O)c(OC)c1. The molecular formula is C18H26N2O5. The molecule has 0 aromatic heterocycles. The number of amides is 2. The van der Waals surface area contributed by atoms with E-state index in [2.05, 4.69) is 5.32 Å². The third-order valence-corrected chi connectivity index (χ3v) is 4.17. The summed E-state index contributed by atoms with van der Waals surface area (Å²) in [7, 11) is 3.10. The van der Waals surface area contributed by atoms with Gasteiger partial charge in [0.05, 0.1) is 26.0 Å². The van der Waals surface area contributed by atoms with Crippen molar-refractivity contribution in [3.05, 3.63) is 18.2 Å². The number of rotatable bonds is 8. The molecule has 1 unspecified atom stereocenters. The number of anilines is 1. The zero-order valence-electron chi connectivity index (χ0n) is 15.0. The third kappa shape index (κ3) is 5.35. The lowest BCUT2D eigenvalue weighted by atomic mass is 10.2. The molecule has 7 nitrogen and oxygen atoms in total. The van der Waals surface area contributed by atoms with Gasteiger partial charge in [-0.1, -0.05) is 0 Å². The molecule has 0 saturated carbocycles. The molecule has 7 heteroatoms. The first-order valence-electron chi connectivity index (χ1n) is 8.43. The topological polar surface area (TPSA) is 77.1 Å². The zero-order chi connectivity index (χ0) is 18.2. The summed E-state index contributed by atoms with van der Waals surface area (Å²) in [4.78, 5) is 25.6. The van der Waals surface area contributed by atoms with Crippen LogP contribution in [0.3, 0.4) is 0 Å². The van der Waals surface area contributed by atoms with Crippen LogP contribution in [-0.2, 0) is 14.3 Å². The van der Waals surface area contributed by atoms with Crippen molar-refractivity contribution in [2.45, 2.75) is 32.3 Å². The van der Waals surface area contributed by atoms with Crippen LogP contribution in [0.4, 0.5) is 5.69 Å². The molecule has 1 aliphatic heterocycles. The average Bonchev–Trinajstić information content (AvgIpc) is 3.13. The Labute approximate surface area is 148 Å². The molecule has 1 N–H and O–H groups in total. The second-order valence-corrected chi connectivity index (χ2v) is 5.90. The van der Waals surface area contributed by atoms with Crippen molar-refractivity contribution < 1.29 is 23.8 Å². The average molecular weight is 350 g/mol. The predicted molar refractivity (Wildman–Crippen MR) is 94.2 cm³/mol. The van der Waals surface area contributed by atoms with Gasteiger partial charge < -0.3 is 24.4 Å². The Balaban J connectivity index is 1.96. The molecule has 1 saturated heterocycles. The van der Waals surface area contributed by atoms with Crippen LogP contribution in [-0.4, -0.2) is 51.8 Å². The molecule has 25 heavy (non-hydrogen) atoms. The van der Waals surface area contributed by atoms with E-state index < -0.39 is 0 Å². The highest BCUT2D eigenvalue weighted by molar-refractivity contribution is 5.94. The maximum Gasteiger partial charge on any atom is 0.223 e. The first kappa shape index (κ1) is 19.1. The molecule has 1 aromatic rings. The Hall–Kier alpha value is -2.28.